The van der Waals surface area contributed by atoms with E-state index < -0.39 is 0 Å². The number of carbonyl (C=O) groups is 1. The molecule has 22 heavy (non-hydrogen) atoms. The van der Waals surface area contributed by atoms with E-state index in [2.05, 4.69) is 27.2 Å². The normalized spacial score (nSPS) is 17.1. The number of nitrogens with zero attached hydrogens (tertiary/aromatic N) is 3. The van der Waals surface area contributed by atoms with Crippen LogP contribution in [0.4, 0.5) is 5.95 Å². The lowest BCUT2D eigenvalue weighted by molar-refractivity contribution is -0.121. The molecule has 1 heterocycles. The second-order valence-electron chi connectivity index (χ2n) is 6.26. The lowest BCUT2D eigenvalue weighted by Crippen LogP contribution is -2.35. The van der Waals surface area contributed by atoms with E-state index in [0.717, 1.165) is 17.2 Å². The number of aromatic nitrogens is 2. The van der Waals surface area contributed by atoms with Crippen molar-refractivity contribution in [2.75, 3.05) is 11.9 Å². The van der Waals surface area contributed by atoms with Crippen molar-refractivity contribution in [2.24, 2.45) is 0 Å². The van der Waals surface area contributed by atoms with E-state index in [9.17, 15) is 4.79 Å². The van der Waals surface area contributed by atoms with E-state index in [1.807, 2.05) is 27.0 Å². The average molecular weight is 304 g/mol. The van der Waals surface area contributed by atoms with Crippen LogP contribution in [0.25, 0.3) is 0 Å². The van der Waals surface area contributed by atoms with Crippen LogP contribution in [-0.2, 0) is 4.79 Å². The number of hydrogen-bond acceptors (Lipinski definition) is 4. The largest absolute Gasteiger partial charge is 0.349 e. The highest BCUT2D eigenvalue weighted by atomic mass is 16.1. The molecule has 122 valence electrons. The summed E-state index contributed by atoms with van der Waals surface area (Å²) in [7, 11) is 2.09. The average Bonchev–Trinajstić information content (AvgIpc) is 2.54. The third-order valence-corrected chi connectivity index (χ3v) is 4.61. The highest BCUT2D eigenvalue weighted by Crippen LogP contribution is 2.25. The smallest absolute Gasteiger partial charge is 0.225 e. The Morgan fingerprint density at radius 2 is 2.09 bits per heavy atom. The molecular weight excluding hydrogens is 276 g/mol. The molecule has 0 bridgehead atoms. The molecule has 1 saturated carbocycles. The van der Waals surface area contributed by atoms with Gasteiger partial charge in [-0.3, -0.25) is 4.79 Å². The van der Waals surface area contributed by atoms with E-state index in [0.29, 0.717) is 12.5 Å². The Labute approximate surface area is 133 Å². The van der Waals surface area contributed by atoms with Crippen molar-refractivity contribution in [3.8, 4) is 0 Å². The SMILES string of the molecule is CCC(=O)NC(C)c1cnc(N(C)C2CCCCC2)nc1C. The maximum Gasteiger partial charge on any atom is 0.225 e. The maximum atomic E-state index is 11.5. The molecule has 1 aromatic rings. The standard InChI is InChI=1S/C17H28N4O/c1-5-16(22)19-12(2)15-11-18-17(20-13(15)3)21(4)14-9-7-6-8-10-14/h11-12,14H,5-10H2,1-4H3,(H,19,22). The molecule has 1 aromatic heterocycles. The van der Waals surface area contributed by atoms with Gasteiger partial charge in [-0.25, -0.2) is 9.97 Å². The van der Waals surface area contributed by atoms with Crippen LogP contribution in [0.2, 0.25) is 0 Å². The fourth-order valence-corrected chi connectivity index (χ4v) is 3.11. The Morgan fingerprint density at radius 3 is 2.68 bits per heavy atom. The summed E-state index contributed by atoms with van der Waals surface area (Å²) in [6, 6.07) is 0.498. The zero-order valence-corrected chi connectivity index (χ0v) is 14.2. The molecule has 2 rings (SSSR count). The van der Waals surface area contributed by atoms with Gasteiger partial charge in [-0.2, -0.15) is 0 Å². The summed E-state index contributed by atoms with van der Waals surface area (Å²) < 4.78 is 0. The third-order valence-electron chi connectivity index (χ3n) is 4.61. The first-order chi connectivity index (χ1) is 10.5. The topological polar surface area (TPSA) is 58.1 Å². The number of carbonyl (C=O) groups excluding carboxylic acids is 1. The molecule has 0 radical (unpaired) electrons. The quantitative estimate of drug-likeness (QED) is 0.908. The Morgan fingerprint density at radius 1 is 1.41 bits per heavy atom. The van der Waals surface area contributed by atoms with Crippen LogP contribution in [0.15, 0.2) is 6.20 Å². The molecular formula is C17H28N4O. The second kappa shape index (κ2) is 7.56. The Kier molecular flexibility index (Phi) is 5.75. The lowest BCUT2D eigenvalue weighted by Gasteiger charge is -2.31. The van der Waals surface area contributed by atoms with E-state index in [4.69, 9.17) is 0 Å². The van der Waals surface area contributed by atoms with Gasteiger partial charge in [-0.15, -0.1) is 0 Å². The van der Waals surface area contributed by atoms with Crippen LogP contribution in [0, 0.1) is 6.92 Å². The highest BCUT2D eigenvalue weighted by molar-refractivity contribution is 5.76. The van der Waals surface area contributed by atoms with Crippen LogP contribution < -0.4 is 10.2 Å². The number of amides is 1. The van der Waals surface area contributed by atoms with Crippen LogP contribution >= 0.6 is 0 Å². The molecule has 1 atom stereocenters. The Balaban J connectivity index is 2.09. The molecule has 1 aliphatic carbocycles. The summed E-state index contributed by atoms with van der Waals surface area (Å²) in [6.07, 6.45) is 8.74. The molecule has 0 aliphatic heterocycles. The van der Waals surface area contributed by atoms with Crippen LogP contribution in [0.1, 0.15) is 69.7 Å². The van der Waals surface area contributed by atoms with Gasteiger partial charge in [0.15, 0.2) is 0 Å². The molecule has 1 N–H and O–H groups in total. The minimum atomic E-state index is -0.0542. The maximum absolute atomic E-state index is 11.5. The van der Waals surface area contributed by atoms with Gasteiger partial charge in [0.25, 0.3) is 0 Å². The van der Waals surface area contributed by atoms with Crippen molar-refractivity contribution < 1.29 is 4.79 Å². The number of hydrogen-bond donors (Lipinski definition) is 1. The lowest BCUT2D eigenvalue weighted by atomic mass is 9.95. The van der Waals surface area contributed by atoms with Gasteiger partial charge in [0.05, 0.1) is 6.04 Å². The number of nitrogens with one attached hydrogen (secondary N) is 1. The van der Waals surface area contributed by atoms with Crippen LogP contribution in [-0.4, -0.2) is 29.0 Å². The summed E-state index contributed by atoms with van der Waals surface area (Å²) in [6.45, 7) is 5.82. The monoisotopic (exact) mass is 304 g/mol. The van der Waals surface area contributed by atoms with Crippen molar-refractivity contribution in [1.82, 2.24) is 15.3 Å². The van der Waals surface area contributed by atoms with Gasteiger partial charge in [0.1, 0.15) is 0 Å². The minimum Gasteiger partial charge on any atom is -0.349 e. The predicted octanol–water partition coefficient (Wildman–Crippen LogP) is 3.14. The van der Waals surface area contributed by atoms with Crippen molar-refractivity contribution >= 4 is 11.9 Å². The van der Waals surface area contributed by atoms with Crippen LogP contribution in [0.3, 0.4) is 0 Å². The van der Waals surface area contributed by atoms with E-state index in [1.165, 1.54) is 32.1 Å². The van der Waals surface area contributed by atoms with E-state index in [-0.39, 0.29) is 11.9 Å². The summed E-state index contributed by atoms with van der Waals surface area (Å²) in [5, 5.41) is 2.97. The molecule has 1 fully saturated rings. The van der Waals surface area contributed by atoms with Crippen molar-refractivity contribution in [3.63, 3.8) is 0 Å². The highest BCUT2D eigenvalue weighted by Gasteiger charge is 2.21. The first-order valence-corrected chi connectivity index (χ1v) is 8.38. The third kappa shape index (κ3) is 3.96. The first kappa shape index (κ1) is 16.7. The molecule has 0 spiro atoms. The summed E-state index contributed by atoms with van der Waals surface area (Å²) in [5.41, 5.74) is 1.93. The van der Waals surface area contributed by atoms with Gasteiger partial charge < -0.3 is 10.2 Å². The zero-order chi connectivity index (χ0) is 16.1. The van der Waals surface area contributed by atoms with Gasteiger partial charge in [-0.1, -0.05) is 26.2 Å². The van der Waals surface area contributed by atoms with Crippen molar-refractivity contribution in [1.29, 1.82) is 0 Å². The molecule has 1 amide bonds. The fraction of sp³-hybridized carbons (Fsp3) is 0.706. The number of anilines is 1. The summed E-state index contributed by atoms with van der Waals surface area (Å²) in [5.74, 6) is 0.845. The van der Waals surface area contributed by atoms with Crippen LogP contribution in [0.5, 0.6) is 0 Å². The van der Waals surface area contributed by atoms with Gasteiger partial charge >= 0.3 is 0 Å². The molecule has 0 saturated heterocycles. The first-order valence-electron chi connectivity index (χ1n) is 8.38. The predicted molar refractivity (Wildman–Crippen MR) is 88.9 cm³/mol. The molecule has 0 aromatic carbocycles. The Hall–Kier alpha value is -1.65. The Bertz CT molecular complexity index is 511. The number of aryl methyl sites for hydroxylation is 1. The zero-order valence-electron chi connectivity index (χ0n) is 14.2. The van der Waals surface area contributed by atoms with Crippen molar-refractivity contribution in [2.45, 2.75) is 71.4 Å². The summed E-state index contributed by atoms with van der Waals surface area (Å²) in [4.78, 5) is 22.9. The molecule has 1 unspecified atom stereocenters. The van der Waals surface area contributed by atoms with Gasteiger partial charge in [-0.05, 0) is 26.7 Å². The molecule has 5 nitrogen and oxygen atoms in total. The number of rotatable bonds is 5. The second-order valence-corrected chi connectivity index (χ2v) is 6.26. The van der Waals surface area contributed by atoms with E-state index >= 15 is 0 Å². The fourth-order valence-electron chi connectivity index (χ4n) is 3.11. The molecule has 5 heteroatoms. The summed E-state index contributed by atoms with van der Waals surface area (Å²) >= 11 is 0. The molecule has 1 aliphatic rings. The van der Waals surface area contributed by atoms with Crippen molar-refractivity contribution in [3.05, 3.63) is 17.5 Å². The van der Waals surface area contributed by atoms with Gasteiger partial charge in [0.2, 0.25) is 11.9 Å². The minimum absolute atomic E-state index is 0.0512. The van der Waals surface area contributed by atoms with E-state index in [1.54, 1.807) is 0 Å². The van der Waals surface area contributed by atoms with Gasteiger partial charge in [0, 0.05) is 37.0 Å².